The van der Waals surface area contributed by atoms with E-state index in [1.807, 2.05) is 18.2 Å². The molecule has 0 aliphatic heterocycles. The first-order chi connectivity index (χ1) is 9.74. The quantitative estimate of drug-likeness (QED) is 0.516. The lowest BCUT2D eigenvalue weighted by atomic mass is 10.1. The lowest BCUT2D eigenvalue weighted by Gasteiger charge is -2.12. The van der Waals surface area contributed by atoms with Crippen molar-refractivity contribution < 1.29 is 14.7 Å². The molecule has 2 rings (SSSR count). The fourth-order valence-corrected chi connectivity index (χ4v) is 1.74. The zero-order valence-electron chi connectivity index (χ0n) is 11.4. The van der Waals surface area contributed by atoms with E-state index in [9.17, 15) is 0 Å². The molecule has 0 saturated carbocycles. The molecule has 0 saturated heterocycles. The largest absolute Gasteiger partial charge is 0.497 e. The second-order valence-corrected chi connectivity index (χ2v) is 4.16. The predicted octanol–water partition coefficient (Wildman–Crippen LogP) is 2.87. The molecule has 0 amide bonds. The number of aromatic nitrogens is 1. The maximum Gasteiger partial charge on any atom is 0.132 e. The van der Waals surface area contributed by atoms with Crippen molar-refractivity contribution in [2.24, 2.45) is 5.16 Å². The minimum atomic E-state index is 0.333. The molecule has 0 unspecified atom stereocenters. The average Bonchev–Trinajstić information content (AvgIpc) is 2.52. The molecule has 5 nitrogen and oxygen atoms in total. The normalized spacial score (nSPS) is 11.2. The Bertz CT molecular complexity index is 597. The second kappa shape index (κ2) is 6.56. The standard InChI is InChI=1S/C15H16N2O3/c1-11(17-18)14-7-6-13(19-2)9-15(14)20-10-12-5-3-4-8-16-12/h3-9,18H,10H2,1-2H3/b17-11+. The van der Waals surface area contributed by atoms with Crippen molar-refractivity contribution in [3.8, 4) is 11.5 Å². The third-order valence-electron chi connectivity index (χ3n) is 2.83. The van der Waals surface area contributed by atoms with Crippen LogP contribution in [-0.2, 0) is 6.61 Å². The van der Waals surface area contributed by atoms with Gasteiger partial charge in [-0.2, -0.15) is 0 Å². The molecule has 0 spiro atoms. The molecular formula is C15H16N2O3. The van der Waals surface area contributed by atoms with Crippen LogP contribution < -0.4 is 9.47 Å². The molecule has 0 aliphatic carbocycles. The monoisotopic (exact) mass is 272 g/mol. The zero-order chi connectivity index (χ0) is 14.4. The Balaban J connectivity index is 2.24. The number of methoxy groups -OCH3 is 1. The summed E-state index contributed by atoms with van der Waals surface area (Å²) in [4.78, 5) is 4.20. The van der Waals surface area contributed by atoms with Crippen molar-refractivity contribution in [2.45, 2.75) is 13.5 Å². The van der Waals surface area contributed by atoms with E-state index in [1.165, 1.54) is 0 Å². The van der Waals surface area contributed by atoms with Crippen LogP contribution in [0, 0.1) is 0 Å². The van der Waals surface area contributed by atoms with Crippen LogP contribution in [0.25, 0.3) is 0 Å². The smallest absolute Gasteiger partial charge is 0.132 e. The third kappa shape index (κ3) is 3.26. The van der Waals surface area contributed by atoms with Crippen LogP contribution in [0.3, 0.4) is 0 Å². The van der Waals surface area contributed by atoms with Gasteiger partial charge in [0.2, 0.25) is 0 Å². The summed E-state index contributed by atoms with van der Waals surface area (Å²) < 4.78 is 10.9. The zero-order valence-corrected chi connectivity index (χ0v) is 11.4. The summed E-state index contributed by atoms with van der Waals surface area (Å²) in [6.07, 6.45) is 1.71. The number of nitrogens with zero attached hydrogens (tertiary/aromatic N) is 2. The van der Waals surface area contributed by atoms with E-state index in [-0.39, 0.29) is 0 Å². The Kier molecular flexibility index (Phi) is 4.55. The van der Waals surface area contributed by atoms with Crippen LogP contribution >= 0.6 is 0 Å². The molecule has 0 fully saturated rings. The Hall–Kier alpha value is -2.56. The summed E-state index contributed by atoms with van der Waals surface area (Å²) in [7, 11) is 1.59. The van der Waals surface area contributed by atoms with Crippen LogP contribution in [0.2, 0.25) is 0 Å². The SMILES string of the molecule is COc1ccc(/C(C)=N/O)c(OCc2ccccn2)c1. The minimum absolute atomic E-state index is 0.333. The third-order valence-corrected chi connectivity index (χ3v) is 2.83. The highest BCUT2D eigenvalue weighted by Crippen LogP contribution is 2.26. The maximum absolute atomic E-state index is 8.91. The molecule has 0 radical (unpaired) electrons. The van der Waals surface area contributed by atoms with Gasteiger partial charge in [0.15, 0.2) is 0 Å². The topological polar surface area (TPSA) is 63.9 Å². The molecule has 1 aromatic heterocycles. The first-order valence-corrected chi connectivity index (χ1v) is 6.14. The molecule has 1 N–H and O–H groups in total. The fraction of sp³-hybridized carbons (Fsp3) is 0.200. The number of hydrogen-bond donors (Lipinski definition) is 1. The molecule has 104 valence electrons. The highest BCUT2D eigenvalue weighted by atomic mass is 16.5. The van der Waals surface area contributed by atoms with E-state index in [2.05, 4.69) is 10.1 Å². The van der Waals surface area contributed by atoms with Gasteiger partial charge in [0.05, 0.1) is 18.5 Å². The summed E-state index contributed by atoms with van der Waals surface area (Å²) >= 11 is 0. The summed E-state index contributed by atoms with van der Waals surface area (Å²) in [6, 6.07) is 11.0. The number of rotatable bonds is 5. The molecular weight excluding hydrogens is 256 g/mol. The molecule has 0 atom stereocenters. The van der Waals surface area contributed by atoms with Gasteiger partial charge >= 0.3 is 0 Å². The highest BCUT2D eigenvalue weighted by molar-refractivity contribution is 6.00. The van der Waals surface area contributed by atoms with Crippen molar-refractivity contribution >= 4 is 5.71 Å². The Labute approximate surface area is 117 Å². The van der Waals surface area contributed by atoms with Crippen LogP contribution in [0.4, 0.5) is 0 Å². The number of ether oxygens (including phenoxy) is 2. The van der Waals surface area contributed by atoms with Gasteiger partial charge < -0.3 is 14.7 Å². The van der Waals surface area contributed by atoms with E-state index in [4.69, 9.17) is 14.7 Å². The van der Waals surface area contributed by atoms with Crippen LogP contribution in [-0.4, -0.2) is 23.0 Å². The fourth-order valence-electron chi connectivity index (χ4n) is 1.74. The van der Waals surface area contributed by atoms with Gasteiger partial charge in [-0.05, 0) is 31.2 Å². The second-order valence-electron chi connectivity index (χ2n) is 4.16. The van der Waals surface area contributed by atoms with E-state index >= 15 is 0 Å². The number of benzene rings is 1. The predicted molar refractivity (Wildman–Crippen MR) is 75.6 cm³/mol. The van der Waals surface area contributed by atoms with Gasteiger partial charge in [-0.25, -0.2) is 0 Å². The summed E-state index contributed by atoms with van der Waals surface area (Å²) in [6.45, 7) is 2.04. The van der Waals surface area contributed by atoms with Crippen molar-refractivity contribution in [2.75, 3.05) is 7.11 Å². The molecule has 2 aromatic rings. The van der Waals surface area contributed by atoms with E-state index in [1.54, 1.807) is 38.4 Å². The maximum atomic E-state index is 8.91. The molecule has 20 heavy (non-hydrogen) atoms. The number of oxime groups is 1. The molecule has 0 bridgehead atoms. The lowest BCUT2D eigenvalue weighted by molar-refractivity contribution is 0.297. The van der Waals surface area contributed by atoms with E-state index < -0.39 is 0 Å². The number of pyridine rings is 1. The first-order valence-electron chi connectivity index (χ1n) is 6.14. The van der Waals surface area contributed by atoms with Gasteiger partial charge in [-0.3, -0.25) is 4.98 Å². The Morgan fingerprint density at radius 1 is 1.30 bits per heavy atom. The molecule has 0 aliphatic rings. The van der Waals surface area contributed by atoms with Crippen molar-refractivity contribution in [1.82, 2.24) is 4.98 Å². The van der Waals surface area contributed by atoms with Gasteiger partial charge in [-0.1, -0.05) is 11.2 Å². The van der Waals surface area contributed by atoms with Crippen LogP contribution in [0.15, 0.2) is 47.8 Å². The van der Waals surface area contributed by atoms with Crippen molar-refractivity contribution in [1.29, 1.82) is 0 Å². The van der Waals surface area contributed by atoms with Gasteiger partial charge in [0.1, 0.15) is 18.1 Å². The van der Waals surface area contributed by atoms with Crippen LogP contribution in [0.1, 0.15) is 18.2 Å². The van der Waals surface area contributed by atoms with Crippen molar-refractivity contribution in [3.05, 3.63) is 53.9 Å². The number of hydrogen-bond acceptors (Lipinski definition) is 5. The average molecular weight is 272 g/mol. The minimum Gasteiger partial charge on any atom is -0.497 e. The molecule has 5 heteroatoms. The first kappa shape index (κ1) is 13.9. The van der Waals surface area contributed by atoms with Crippen molar-refractivity contribution in [3.63, 3.8) is 0 Å². The summed E-state index contributed by atoms with van der Waals surface area (Å²) in [5, 5.41) is 12.1. The highest BCUT2D eigenvalue weighted by Gasteiger charge is 2.09. The molecule has 1 aromatic carbocycles. The summed E-state index contributed by atoms with van der Waals surface area (Å²) in [5.74, 6) is 1.26. The summed E-state index contributed by atoms with van der Waals surface area (Å²) in [5.41, 5.74) is 2.01. The lowest BCUT2D eigenvalue weighted by Crippen LogP contribution is -2.04. The molecule has 1 heterocycles. The van der Waals surface area contributed by atoms with Gasteiger partial charge in [-0.15, -0.1) is 0 Å². The Morgan fingerprint density at radius 2 is 2.15 bits per heavy atom. The Morgan fingerprint density at radius 3 is 2.80 bits per heavy atom. The van der Waals surface area contributed by atoms with Gasteiger partial charge in [0, 0.05) is 17.8 Å². The van der Waals surface area contributed by atoms with E-state index in [0.29, 0.717) is 29.4 Å². The van der Waals surface area contributed by atoms with Gasteiger partial charge in [0.25, 0.3) is 0 Å². The van der Waals surface area contributed by atoms with E-state index in [0.717, 1.165) is 5.69 Å². The van der Waals surface area contributed by atoms with Crippen LogP contribution in [0.5, 0.6) is 11.5 Å².